The lowest BCUT2D eigenvalue weighted by Crippen LogP contribution is -2.29. The fourth-order valence-corrected chi connectivity index (χ4v) is 4.35. The SMILES string of the molecule is COC(=O)c1c(F)cccc1-c1ccc(CNC(=O)c2ccc(CN3CCCCC3)cc2)c(F)c1. The molecule has 0 unspecified atom stereocenters. The minimum atomic E-state index is -0.836. The third-order valence-electron chi connectivity index (χ3n) is 6.28. The largest absolute Gasteiger partial charge is 0.465 e. The molecule has 0 saturated carbocycles. The second kappa shape index (κ2) is 11.2. The van der Waals surface area contributed by atoms with Crippen molar-refractivity contribution in [2.45, 2.75) is 32.4 Å². The lowest BCUT2D eigenvalue weighted by molar-refractivity contribution is 0.0596. The molecule has 3 aromatic rings. The van der Waals surface area contributed by atoms with E-state index >= 15 is 0 Å². The summed E-state index contributed by atoms with van der Waals surface area (Å²) in [6.45, 7) is 3.08. The molecule has 0 aliphatic carbocycles. The molecule has 0 spiro atoms. The minimum Gasteiger partial charge on any atom is -0.465 e. The molecular weight excluding hydrogens is 450 g/mol. The van der Waals surface area contributed by atoms with E-state index in [9.17, 15) is 18.4 Å². The standard InChI is InChI=1S/C28H28F2N2O3/c1-35-28(34)26-23(6-5-7-24(26)29)21-12-13-22(25(30)16-21)17-31-27(33)20-10-8-19(9-11-20)18-32-14-3-2-4-15-32/h5-13,16H,2-4,14-15,17-18H2,1H3,(H,31,33). The zero-order chi connectivity index (χ0) is 24.8. The van der Waals surface area contributed by atoms with Crippen molar-refractivity contribution in [3.05, 3.63) is 94.6 Å². The average molecular weight is 479 g/mol. The van der Waals surface area contributed by atoms with Crippen LogP contribution in [-0.2, 0) is 17.8 Å². The number of piperidine rings is 1. The van der Waals surface area contributed by atoms with Gasteiger partial charge in [-0.05, 0) is 66.9 Å². The summed E-state index contributed by atoms with van der Waals surface area (Å²) in [5.41, 5.74) is 2.26. The highest BCUT2D eigenvalue weighted by atomic mass is 19.1. The number of hydrogen-bond donors (Lipinski definition) is 1. The van der Waals surface area contributed by atoms with E-state index in [2.05, 4.69) is 15.0 Å². The van der Waals surface area contributed by atoms with Crippen molar-refractivity contribution in [3.8, 4) is 11.1 Å². The van der Waals surface area contributed by atoms with E-state index in [4.69, 9.17) is 0 Å². The van der Waals surface area contributed by atoms with E-state index in [1.165, 1.54) is 43.5 Å². The smallest absolute Gasteiger partial charge is 0.341 e. The van der Waals surface area contributed by atoms with Crippen molar-refractivity contribution < 1.29 is 23.1 Å². The lowest BCUT2D eigenvalue weighted by atomic mass is 9.98. The van der Waals surface area contributed by atoms with Crippen molar-refractivity contribution in [2.24, 2.45) is 0 Å². The monoisotopic (exact) mass is 478 g/mol. The Balaban J connectivity index is 1.40. The van der Waals surface area contributed by atoms with Gasteiger partial charge in [-0.25, -0.2) is 13.6 Å². The summed E-state index contributed by atoms with van der Waals surface area (Å²) >= 11 is 0. The Hall–Kier alpha value is -3.58. The Labute approximate surface area is 203 Å². The quantitative estimate of drug-likeness (QED) is 0.466. The van der Waals surface area contributed by atoms with Crippen LogP contribution in [0.5, 0.6) is 0 Å². The van der Waals surface area contributed by atoms with Gasteiger partial charge in [0.25, 0.3) is 5.91 Å². The van der Waals surface area contributed by atoms with Crippen molar-refractivity contribution in [1.82, 2.24) is 10.2 Å². The number of amides is 1. The summed E-state index contributed by atoms with van der Waals surface area (Å²) in [7, 11) is 1.16. The highest BCUT2D eigenvalue weighted by Gasteiger charge is 2.19. The van der Waals surface area contributed by atoms with Gasteiger partial charge in [-0.15, -0.1) is 0 Å². The maximum Gasteiger partial charge on any atom is 0.341 e. The van der Waals surface area contributed by atoms with Gasteiger partial charge >= 0.3 is 5.97 Å². The number of halogens is 2. The van der Waals surface area contributed by atoms with Crippen LogP contribution in [0.2, 0.25) is 0 Å². The number of nitrogens with one attached hydrogen (secondary N) is 1. The highest BCUT2D eigenvalue weighted by Crippen LogP contribution is 2.28. The first kappa shape index (κ1) is 24.5. The normalized spacial score (nSPS) is 13.9. The van der Waals surface area contributed by atoms with E-state index in [-0.39, 0.29) is 29.1 Å². The fraction of sp³-hybridized carbons (Fsp3) is 0.286. The molecule has 7 heteroatoms. The number of esters is 1. The first-order chi connectivity index (χ1) is 17.0. The van der Waals surface area contributed by atoms with Gasteiger partial charge in [0.05, 0.1) is 7.11 Å². The van der Waals surface area contributed by atoms with Gasteiger partial charge < -0.3 is 10.1 Å². The zero-order valence-corrected chi connectivity index (χ0v) is 19.7. The van der Waals surface area contributed by atoms with Gasteiger partial charge in [-0.3, -0.25) is 9.69 Å². The lowest BCUT2D eigenvalue weighted by Gasteiger charge is -2.26. The number of methoxy groups -OCH3 is 1. The number of carbonyl (C=O) groups is 2. The van der Waals surface area contributed by atoms with E-state index in [1.54, 1.807) is 18.2 Å². The van der Waals surface area contributed by atoms with Crippen LogP contribution in [0.3, 0.4) is 0 Å². The molecule has 1 amide bonds. The Morgan fingerprint density at radius 3 is 2.37 bits per heavy atom. The summed E-state index contributed by atoms with van der Waals surface area (Å²) < 4.78 is 33.7. The minimum absolute atomic E-state index is 0.00646. The molecule has 0 aromatic heterocycles. The summed E-state index contributed by atoms with van der Waals surface area (Å²) in [6, 6.07) is 15.9. The van der Waals surface area contributed by atoms with Gasteiger partial charge in [0.1, 0.15) is 17.2 Å². The van der Waals surface area contributed by atoms with Crippen LogP contribution in [0.4, 0.5) is 8.78 Å². The first-order valence-electron chi connectivity index (χ1n) is 11.7. The molecule has 1 fully saturated rings. The Morgan fingerprint density at radius 2 is 1.69 bits per heavy atom. The third kappa shape index (κ3) is 5.92. The van der Waals surface area contributed by atoms with Gasteiger partial charge in [0, 0.05) is 24.2 Å². The number of ether oxygens (including phenoxy) is 1. The maximum atomic E-state index is 14.8. The van der Waals surface area contributed by atoms with E-state index in [1.807, 2.05) is 12.1 Å². The molecule has 5 nitrogen and oxygen atoms in total. The van der Waals surface area contributed by atoms with Crippen molar-refractivity contribution >= 4 is 11.9 Å². The molecule has 1 saturated heterocycles. The van der Waals surface area contributed by atoms with Crippen LogP contribution in [0.1, 0.15) is 51.1 Å². The molecule has 0 bridgehead atoms. The number of hydrogen-bond acceptors (Lipinski definition) is 4. The Bertz CT molecular complexity index is 1210. The number of likely N-dealkylation sites (tertiary alicyclic amines) is 1. The molecule has 35 heavy (non-hydrogen) atoms. The topological polar surface area (TPSA) is 58.6 Å². The summed E-state index contributed by atoms with van der Waals surface area (Å²) in [5, 5.41) is 2.74. The van der Waals surface area contributed by atoms with Crippen molar-refractivity contribution in [2.75, 3.05) is 20.2 Å². The molecule has 4 rings (SSSR count). The predicted molar refractivity (Wildman–Crippen MR) is 130 cm³/mol. The molecule has 1 heterocycles. The summed E-state index contributed by atoms with van der Waals surface area (Å²) in [6.07, 6.45) is 3.75. The first-order valence-corrected chi connectivity index (χ1v) is 11.7. The van der Waals surface area contributed by atoms with Crippen LogP contribution in [-0.4, -0.2) is 37.0 Å². The van der Waals surface area contributed by atoms with Crippen LogP contribution in [0, 0.1) is 11.6 Å². The van der Waals surface area contributed by atoms with E-state index < -0.39 is 17.6 Å². The highest BCUT2D eigenvalue weighted by molar-refractivity contribution is 5.97. The second-order valence-corrected chi connectivity index (χ2v) is 8.68. The van der Waals surface area contributed by atoms with Crippen LogP contribution in [0.15, 0.2) is 60.7 Å². The number of benzene rings is 3. The van der Waals surface area contributed by atoms with Crippen LogP contribution < -0.4 is 5.32 Å². The number of carbonyl (C=O) groups excluding carboxylic acids is 2. The average Bonchev–Trinajstić information content (AvgIpc) is 2.88. The molecule has 182 valence electrons. The van der Waals surface area contributed by atoms with E-state index in [0.717, 1.165) is 38.4 Å². The molecule has 0 radical (unpaired) electrons. The fourth-order valence-electron chi connectivity index (χ4n) is 4.35. The molecular formula is C28H28F2N2O3. The zero-order valence-electron chi connectivity index (χ0n) is 19.7. The second-order valence-electron chi connectivity index (χ2n) is 8.68. The predicted octanol–water partition coefficient (Wildman–Crippen LogP) is 5.33. The van der Waals surface area contributed by atoms with Crippen LogP contribution >= 0.6 is 0 Å². The number of rotatable bonds is 7. The molecule has 0 atom stereocenters. The third-order valence-corrected chi connectivity index (χ3v) is 6.28. The molecule has 1 aliphatic rings. The molecule has 1 aliphatic heterocycles. The maximum absolute atomic E-state index is 14.8. The Kier molecular flexibility index (Phi) is 7.87. The Morgan fingerprint density at radius 1 is 0.943 bits per heavy atom. The van der Waals surface area contributed by atoms with Crippen molar-refractivity contribution in [3.63, 3.8) is 0 Å². The van der Waals surface area contributed by atoms with Gasteiger partial charge in [0.15, 0.2) is 0 Å². The van der Waals surface area contributed by atoms with Gasteiger partial charge in [-0.1, -0.05) is 42.8 Å². The number of nitrogens with zero attached hydrogens (tertiary/aromatic N) is 1. The van der Waals surface area contributed by atoms with Crippen molar-refractivity contribution in [1.29, 1.82) is 0 Å². The summed E-state index contributed by atoms with van der Waals surface area (Å²) in [5.74, 6) is -2.44. The molecule has 1 N–H and O–H groups in total. The van der Waals surface area contributed by atoms with Gasteiger partial charge in [-0.2, -0.15) is 0 Å². The van der Waals surface area contributed by atoms with Crippen LogP contribution in [0.25, 0.3) is 11.1 Å². The summed E-state index contributed by atoms with van der Waals surface area (Å²) in [4.78, 5) is 27.0. The van der Waals surface area contributed by atoms with Gasteiger partial charge in [0.2, 0.25) is 0 Å². The molecule has 3 aromatic carbocycles. The van der Waals surface area contributed by atoms with E-state index in [0.29, 0.717) is 11.1 Å².